The van der Waals surface area contributed by atoms with Gasteiger partial charge >= 0.3 is 6.03 Å². The SMILES string of the molecule is COc1ccc(Cl)cc1NC(=O)CN1C(=O)NC(c2ccccc2)C1=O. The van der Waals surface area contributed by atoms with Gasteiger partial charge in [0.2, 0.25) is 5.91 Å². The smallest absolute Gasteiger partial charge is 0.325 e. The van der Waals surface area contributed by atoms with E-state index in [2.05, 4.69) is 10.6 Å². The van der Waals surface area contributed by atoms with Crippen molar-refractivity contribution in [1.29, 1.82) is 0 Å². The zero-order chi connectivity index (χ0) is 18.7. The number of urea groups is 1. The third-order valence-corrected chi connectivity index (χ3v) is 4.13. The third kappa shape index (κ3) is 3.62. The average molecular weight is 374 g/mol. The normalized spacial score (nSPS) is 16.4. The van der Waals surface area contributed by atoms with E-state index in [4.69, 9.17) is 16.3 Å². The fourth-order valence-corrected chi connectivity index (χ4v) is 2.82. The lowest BCUT2D eigenvalue weighted by Gasteiger charge is -2.14. The Kier molecular flexibility index (Phi) is 5.09. The topological polar surface area (TPSA) is 87.7 Å². The van der Waals surface area contributed by atoms with Gasteiger partial charge < -0.3 is 15.4 Å². The van der Waals surface area contributed by atoms with Gasteiger partial charge in [0, 0.05) is 5.02 Å². The van der Waals surface area contributed by atoms with E-state index in [0.717, 1.165) is 4.90 Å². The maximum absolute atomic E-state index is 12.5. The number of hydrogen-bond acceptors (Lipinski definition) is 4. The largest absolute Gasteiger partial charge is 0.495 e. The van der Waals surface area contributed by atoms with Gasteiger partial charge in [-0.05, 0) is 23.8 Å². The summed E-state index contributed by atoms with van der Waals surface area (Å²) >= 11 is 5.93. The maximum Gasteiger partial charge on any atom is 0.325 e. The summed E-state index contributed by atoms with van der Waals surface area (Å²) in [6, 6.07) is 12.2. The van der Waals surface area contributed by atoms with Gasteiger partial charge in [0.15, 0.2) is 0 Å². The summed E-state index contributed by atoms with van der Waals surface area (Å²) in [5.41, 5.74) is 1.02. The minimum atomic E-state index is -0.794. The zero-order valence-electron chi connectivity index (χ0n) is 13.9. The summed E-state index contributed by atoms with van der Waals surface area (Å²) in [4.78, 5) is 37.8. The third-order valence-electron chi connectivity index (χ3n) is 3.90. The minimum Gasteiger partial charge on any atom is -0.495 e. The molecule has 1 aliphatic heterocycles. The van der Waals surface area contributed by atoms with Crippen LogP contribution in [0.15, 0.2) is 48.5 Å². The fourth-order valence-electron chi connectivity index (χ4n) is 2.65. The van der Waals surface area contributed by atoms with E-state index in [1.54, 1.807) is 36.4 Å². The molecule has 7 nitrogen and oxygen atoms in total. The summed E-state index contributed by atoms with van der Waals surface area (Å²) in [5, 5.41) is 5.60. The van der Waals surface area contributed by atoms with Crippen LogP contribution in [0.25, 0.3) is 0 Å². The Labute approximate surface area is 154 Å². The molecule has 2 aromatic carbocycles. The Bertz CT molecular complexity index is 857. The molecule has 26 heavy (non-hydrogen) atoms. The first-order valence-electron chi connectivity index (χ1n) is 7.80. The number of halogens is 1. The predicted molar refractivity (Wildman–Crippen MR) is 96.1 cm³/mol. The number of nitrogens with one attached hydrogen (secondary N) is 2. The number of hydrogen-bond donors (Lipinski definition) is 2. The van der Waals surface area contributed by atoms with Crippen LogP contribution in [-0.2, 0) is 9.59 Å². The second kappa shape index (κ2) is 7.45. The van der Waals surface area contributed by atoms with Crippen LogP contribution in [0, 0.1) is 0 Å². The maximum atomic E-state index is 12.5. The lowest BCUT2D eigenvalue weighted by molar-refractivity contribution is -0.130. The van der Waals surface area contributed by atoms with Crippen molar-refractivity contribution in [3.63, 3.8) is 0 Å². The minimum absolute atomic E-state index is 0.358. The van der Waals surface area contributed by atoms with Crippen molar-refractivity contribution in [3.05, 3.63) is 59.1 Å². The van der Waals surface area contributed by atoms with Crippen molar-refractivity contribution in [2.75, 3.05) is 19.0 Å². The summed E-state index contributed by atoms with van der Waals surface area (Å²) in [6.07, 6.45) is 0. The number of ether oxygens (including phenoxy) is 1. The van der Waals surface area contributed by atoms with Gasteiger partial charge in [-0.1, -0.05) is 41.9 Å². The van der Waals surface area contributed by atoms with Crippen LogP contribution in [0.2, 0.25) is 5.02 Å². The van der Waals surface area contributed by atoms with E-state index in [1.165, 1.54) is 13.2 Å². The highest BCUT2D eigenvalue weighted by Gasteiger charge is 2.39. The van der Waals surface area contributed by atoms with Crippen LogP contribution in [-0.4, -0.2) is 36.4 Å². The number of rotatable bonds is 5. The Morgan fingerprint density at radius 3 is 2.65 bits per heavy atom. The molecular weight excluding hydrogens is 358 g/mol. The van der Waals surface area contributed by atoms with Gasteiger partial charge in [-0.3, -0.25) is 14.5 Å². The van der Waals surface area contributed by atoms with Crippen molar-refractivity contribution in [2.24, 2.45) is 0 Å². The predicted octanol–water partition coefficient (Wildman–Crippen LogP) is 2.58. The second-order valence-electron chi connectivity index (χ2n) is 5.61. The summed E-state index contributed by atoms with van der Waals surface area (Å²) in [6.45, 7) is -0.413. The molecule has 4 amide bonds. The molecule has 0 saturated carbocycles. The van der Waals surface area contributed by atoms with Crippen molar-refractivity contribution in [3.8, 4) is 5.75 Å². The monoisotopic (exact) mass is 373 g/mol. The van der Waals surface area contributed by atoms with Crippen LogP contribution in [0.3, 0.4) is 0 Å². The number of nitrogens with zero attached hydrogens (tertiary/aromatic N) is 1. The Morgan fingerprint density at radius 2 is 1.96 bits per heavy atom. The molecule has 1 aliphatic rings. The molecule has 8 heteroatoms. The van der Waals surface area contributed by atoms with Gasteiger partial charge in [-0.2, -0.15) is 0 Å². The number of imide groups is 1. The van der Waals surface area contributed by atoms with Crippen molar-refractivity contribution >= 4 is 35.1 Å². The van der Waals surface area contributed by atoms with Crippen LogP contribution in [0.5, 0.6) is 5.75 Å². The molecule has 2 aromatic rings. The van der Waals surface area contributed by atoms with Gasteiger partial charge in [0.05, 0.1) is 12.8 Å². The number of carbonyl (C=O) groups is 3. The van der Waals surface area contributed by atoms with E-state index in [9.17, 15) is 14.4 Å². The van der Waals surface area contributed by atoms with Crippen LogP contribution in [0.1, 0.15) is 11.6 Å². The van der Waals surface area contributed by atoms with Crippen molar-refractivity contribution < 1.29 is 19.1 Å². The van der Waals surface area contributed by atoms with E-state index in [1.807, 2.05) is 6.07 Å². The van der Waals surface area contributed by atoms with E-state index >= 15 is 0 Å². The first kappa shape index (κ1) is 17.8. The van der Waals surface area contributed by atoms with Crippen LogP contribution in [0.4, 0.5) is 10.5 Å². The van der Waals surface area contributed by atoms with Gasteiger partial charge in [-0.25, -0.2) is 4.79 Å². The molecule has 1 fully saturated rings. The highest BCUT2D eigenvalue weighted by molar-refractivity contribution is 6.31. The molecule has 0 radical (unpaired) electrons. The Morgan fingerprint density at radius 1 is 1.23 bits per heavy atom. The molecule has 1 unspecified atom stereocenters. The molecule has 0 spiro atoms. The van der Waals surface area contributed by atoms with E-state index in [-0.39, 0.29) is 0 Å². The molecule has 2 N–H and O–H groups in total. The molecule has 0 aromatic heterocycles. The molecule has 134 valence electrons. The Hall–Kier alpha value is -3.06. The molecule has 1 saturated heterocycles. The number of carbonyl (C=O) groups excluding carboxylic acids is 3. The summed E-state index contributed by atoms with van der Waals surface area (Å²) in [7, 11) is 1.46. The summed E-state index contributed by atoms with van der Waals surface area (Å²) < 4.78 is 5.16. The molecule has 0 aliphatic carbocycles. The number of anilines is 1. The number of amides is 4. The van der Waals surface area contributed by atoms with Crippen LogP contribution < -0.4 is 15.4 Å². The van der Waals surface area contributed by atoms with Gasteiger partial charge in [0.25, 0.3) is 5.91 Å². The first-order chi connectivity index (χ1) is 12.5. The van der Waals surface area contributed by atoms with E-state index < -0.39 is 30.4 Å². The second-order valence-corrected chi connectivity index (χ2v) is 6.05. The molecule has 1 heterocycles. The number of methoxy groups -OCH3 is 1. The number of benzene rings is 2. The van der Waals surface area contributed by atoms with Gasteiger partial charge in [0.1, 0.15) is 18.3 Å². The molecular formula is C18H16ClN3O4. The zero-order valence-corrected chi connectivity index (χ0v) is 14.6. The van der Waals surface area contributed by atoms with Crippen LogP contribution >= 0.6 is 11.6 Å². The molecule has 1 atom stereocenters. The highest BCUT2D eigenvalue weighted by atomic mass is 35.5. The van der Waals surface area contributed by atoms with E-state index in [0.29, 0.717) is 22.0 Å². The molecule has 3 rings (SSSR count). The van der Waals surface area contributed by atoms with Crippen molar-refractivity contribution in [2.45, 2.75) is 6.04 Å². The Balaban J connectivity index is 1.71. The van der Waals surface area contributed by atoms with Crippen molar-refractivity contribution in [1.82, 2.24) is 10.2 Å². The fraction of sp³-hybridized carbons (Fsp3) is 0.167. The standard InChI is InChI=1S/C18H16ClN3O4/c1-26-14-8-7-12(19)9-13(14)20-15(23)10-22-17(24)16(21-18(22)25)11-5-3-2-4-6-11/h2-9,16H,10H2,1H3,(H,20,23)(H,21,25). The highest BCUT2D eigenvalue weighted by Crippen LogP contribution is 2.28. The first-order valence-corrected chi connectivity index (χ1v) is 8.17. The average Bonchev–Trinajstić information content (AvgIpc) is 2.91. The molecule has 0 bridgehead atoms. The lowest BCUT2D eigenvalue weighted by atomic mass is 10.1. The lowest BCUT2D eigenvalue weighted by Crippen LogP contribution is -2.38. The quantitative estimate of drug-likeness (QED) is 0.788. The summed E-state index contributed by atoms with van der Waals surface area (Å²) in [5.74, 6) is -0.598. The van der Waals surface area contributed by atoms with Gasteiger partial charge in [-0.15, -0.1) is 0 Å².